The second kappa shape index (κ2) is 7.76. The minimum Gasteiger partial charge on any atom is -0.491 e. The quantitative estimate of drug-likeness (QED) is 0.486. The third-order valence-corrected chi connectivity index (χ3v) is 3.54. The molecule has 0 N–H and O–H groups in total. The molecule has 2 nitrogen and oxygen atoms in total. The van der Waals surface area contributed by atoms with Gasteiger partial charge in [0.1, 0.15) is 5.75 Å². The zero-order valence-electron chi connectivity index (χ0n) is 14.4. The Kier molecular flexibility index (Phi) is 6.73. The molecule has 0 saturated carbocycles. The first-order chi connectivity index (χ1) is 12.1. The van der Waals surface area contributed by atoms with E-state index < -0.39 is 36.5 Å². The second-order valence-corrected chi connectivity index (χ2v) is 6.02. The van der Waals surface area contributed by atoms with E-state index >= 15 is 0 Å². The van der Waals surface area contributed by atoms with E-state index in [-0.39, 0.29) is 17.4 Å². The van der Waals surface area contributed by atoms with Crippen LogP contribution in [-0.2, 0) is 4.74 Å². The molecule has 0 amide bonds. The van der Waals surface area contributed by atoms with Crippen molar-refractivity contribution < 1.29 is 49.0 Å². The Morgan fingerprint density at radius 1 is 0.889 bits per heavy atom. The third-order valence-electron chi connectivity index (χ3n) is 3.54. The van der Waals surface area contributed by atoms with Crippen molar-refractivity contribution in [3.05, 3.63) is 29.8 Å². The minimum atomic E-state index is -6.93. The van der Waals surface area contributed by atoms with Gasteiger partial charge in [0.15, 0.2) is 0 Å². The van der Waals surface area contributed by atoms with Gasteiger partial charge in [-0.1, -0.05) is 12.1 Å². The molecule has 0 saturated heterocycles. The predicted octanol–water partition coefficient (Wildman–Crippen LogP) is 6.02. The average molecular weight is 412 g/mol. The number of alkyl halides is 9. The van der Waals surface area contributed by atoms with Gasteiger partial charge < -0.3 is 9.47 Å². The highest BCUT2D eigenvalue weighted by molar-refractivity contribution is 5.30. The van der Waals surface area contributed by atoms with E-state index in [9.17, 15) is 39.5 Å². The lowest BCUT2D eigenvalue weighted by Crippen LogP contribution is -2.61. The van der Waals surface area contributed by atoms with Crippen LogP contribution in [0.2, 0.25) is 0 Å². The highest BCUT2D eigenvalue weighted by atomic mass is 19.4. The van der Waals surface area contributed by atoms with Gasteiger partial charge >= 0.3 is 23.9 Å². The Morgan fingerprint density at radius 2 is 1.44 bits per heavy atom. The summed E-state index contributed by atoms with van der Waals surface area (Å²) in [6.45, 7) is 3.29. The van der Waals surface area contributed by atoms with Crippen molar-refractivity contribution in [3.8, 4) is 5.75 Å². The average Bonchev–Trinajstić information content (AvgIpc) is 2.50. The zero-order chi connectivity index (χ0) is 21.3. The molecule has 156 valence electrons. The molecule has 1 aromatic carbocycles. The number of methoxy groups -OCH3 is 1. The molecule has 1 atom stereocenters. The lowest BCUT2D eigenvalue weighted by Gasteiger charge is -2.35. The molecule has 1 unspecified atom stereocenters. The number of ether oxygens (including phenoxy) is 2. The Morgan fingerprint density at radius 3 is 1.89 bits per heavy atom. The lowest BCUT2D eigenvalue weighted by atomic mass is 9.95. The van der Waals surface area contributed by atoms with E-state index in [1.54, 1.807) is 13.8 Å². The molecule has 0 aliphatic rings. The molecule has 0 aliphatic carbocycles. The highest BCUT2D eigenvalue weighted by Gasteiger charge is 2.81. The maximum Gasteiger partial charge on any atom is 0.460 e. The molecule has 0 heterocycles. The van der Waals surface area contributed by atoms with Crippen LogP contribution < -0.4 is 4.74 Å². The topological polar surface area (TPSA) is 18.5 Å². The van der Waals surface area contributed by atoms with Crippen molar-refractivity contribution in [2.45, 2.75) is 56.4 Å². The van der Waals surface area contributed by atoms with Gasteiger partial charge in [0, 0.05) is 13.5 Å². The first-order valence-electron chi connectivity index (χ1n) is 7.56. The van der Waals surface area contributed by atoms with Gasteiger partial charge in [0.05, 0.1) is 12.2 Å². The number of rotatable bonds is 8. The Balaban J connectivity index is 3.18. The van der Waals surface area contributed by atoms with Crippen LogP contribution in [0.1, 0.15) is 31.9 Å². The first kappa shape index (κ1) is 23.4. The molecule has 0 spiro atoms. The van der Waals surface area contributed by atoms with Gasteiger partial charge in [0.2, 0.25) is 0 Å². The summed E-state index contributed by atoms with van der Waals surface area (Å²) < 4.78 is 127. The van der Waals surface area contributed by atoms with Crippen LogP contribution in [0.3, 0.4) is 0 Å². The maximum atomic E-state index is 13.8. The first-order valence-corrected chi connectivity index (χ1v) is 7.56. The van der Waals surface area contributed by atoms with Gasteiger partial charge in [-0.05, 0) is 31.5 Å². The van der Waals surface area contributed by atoms with Crippen molar-refractivity contribution >= 4 is 0 Å². The van der Waals surface area contributed by atoms with Crippen molar-refractivity contribution in [1.29, 1.82) is 0 Å². The Bertz CT molecular complexity index is 627. The molecule has 1 aromatic rings. The zero-order valence-corrected chi connectivity index (χ0v) is 14.4. The fourth-order valence-electron chi connectivity index (χ4n) is 2.17. The molecule has 1 rings (SSSR count). The van der Waals surface area contributed by atoms with Gasteiger partial charge in [-0.2, -0.15) is 39.5 Å². The van der Waals surface area contributed by atoms with Crippen LogP contribution in [0.15, 0.2) is 24.3 Å². The van der Waals surface area contributed by atoms with E-state index in [2.05, 4.69) is 4.74 Å². The van der Waals surface area contributed by atoms with Crippen molar-refractivity contribution in [2.75, 3.05) is 7.11 Å². The Labute approximate surface area is 149 Å². The summed E-state index contributed by atoms with van der Waals surface area (Å²) in [6, 6.07) is 5.03. The molecular formula is C16H17F9O2. The van der Waals surface area contributed by atoms with Crippen molar-refractivity contribution in [3.63, 3.8) is 0 Å². The largest absolute Gasteiger partial charge is 0.491 e. The van der Waals surface area contributed by atoms with E-state index in [0.717, 1.165) is 19.2 Å². The molecule has 0 bridgehead atoms. The van der Waals surface area contributed by atoms with Crippen LogP contribution >= 0.6 is 0 Å². The summed E-state index contributed by atoms with van der Waals surface area (Å²) in [4.78, 5) is 0. The molecule has 27 heavy (non-hydrogen) atoms. The molecule has 11 heteroatoms. The molecule has 0 aromatic heterocycles. The van der Waals surface area contributed by atoms with Crippen LogP contribution in [0, 0.1) is 0 Å². The smallest absolute Gasteiger partial charge is 0.460 e. The second-order valence-electron chi connectivity index (χ2n) is 6.02. The number of benzene rings is 1. The minimum absolute atomic E-state index is 0.151. The van der Waals surface area contributed by atoms with E-state index in [1.165, 1.54) is 12.1 Å². The SMILES string of the molecule is COC(CC(F)(F)C(F)(F)C(F)(F)C(F)(F)F)c1cccc(OC(C)C)c1. The van der Waals surface area contributed by atoms with Gasteiger partial charge in [0.25, 0.3) is 0 Å². The fraction of sp³-hybridized carbons (Fsp3) is 0.625. The van der Waals surface area contributed by atoms with E-state index in [1.807, 2.05) is 0 Å². The maximum absolute atomic E-state index is 13.8. The number of halogens is 9. The molecule has 0 radical (unpaired) electrons. The molecule has 0 fully saturated rings. The van der Waals surface area contributed by atoms with Crippen LogP contribution in [0.5, 0.6) is 5.75 Å². The summed E-state index contributed by atoms with van der Waals surface area (Å²) in [7, 11) is 0.830. The molecular weight excluding hydrogens is 395 g/mol. The van der Waals surface area contributed by atoms with Crippen molar-refractivity contribution in [2.24, 2.45) is 0 Å². The third kappa shape index (κ3) is 4.80. The van der Waals surface area contributed by atoms with Gasteiger partial charge in [-0.3, -0.25) is 0 Å². The van der Waals surface area contributed by atoms with E-state index in [4.69, 9.17) is 4.74 Å². The number of hydrogen-bond acceptors (Lipinski definition) is 2. The summed E-state index contributed by atoms with van der Waals surface area (Å²) in [5, 5.41) is 0. The van der Waals surface area contributed by atoms with Crippen LogP contribution in [-0.4, -0.2) is 37.2 Å². The summed E-state index contributed by atoms with van der Waals surface area (Å²) in [6.07, 6.45) is -11.2. The lowest BCUT2D eigenvalue weighted by molar-refractivity contribution is -0.398. The monoisotopic (exact) mass is 412 g/mol. The van der Waals surface area contributed by atoms with Crippen LogP contribution in [0.25, 0.3) is 0 Å². The van der Waals surface area contributed by atoms with E-state index in [0.29, 0.717) is 0 Å². The summed E-state index contributed by atoms with van der Waals surface area (Å²) >= 11 is 0. The van der Waals surface area contributed by atoms with Gasteiger partial charge in [-0.15, -0.1) is 0 Å². The number of hydrogen-bond donors (Lipinski definition) is 0. The summed E-state index contributed by atoms with van der Waals surface area (Å²) in [5.74, 6) is -19.2. The fourth-order valence-corrected chi connectivity index (χ4v) is 2.17. The standard InChI is InChI=1S/C16H17F9O2/c1-9(2)27-11-6-4-5-10(7-11)12(26-3)8-13(17,18)14(19,20)15(21,22)16(23,24)25/h4-7,9,12H,8H2,1-3H3. The Hall–Kier alpha value is -1.65. The van der Waals surface area contributed by atoms with Crippen molar-refractivity contribution in [1.82, 2.24) is 0 Å². The predicted molar refractivity (Wildman–Crippen MR) is 77.5 cm³/mol. The normalized spacial score (nSPS) is 15.1. The van der Waals surface area contributed by atoms with Crippen LogP contribution in [0.4, 0.5) is 39.5 Å². The summed E-state index contributed by atoms with van der Waals surface area (Å²) in [5.41, 5.74) is -0.151. The van der Waals surface area contributed by atoms with Gasteiger partial charge in [-0.25, -0.2) is 0 Å². The molecule has 0 aliphatic heterocycles. The highest BCUT2D eigenvalue weighted by Crippen LogP contribution is 2.55.